The average Bonchev–Trinajstić information content (AvgIpc) is 2.76. The summed E-state index contributed by atoms with van der Waals surface area (Å²) >= 11 is 0. The van der Waals surface area contributed by atoms with E-state index in [0.717, 1.165) is 17.9 Å². The van der Waals surface area contributed by atoms with Crippen molar-refractivity contribution in [1.29, 1.82) is 0 Å². The van der Waals surface area contributed by atoms with Gasteiger partial charge >= 0.3 is 0 Å². The molecule has 1 saturated carbocycles. The lowest BCUT2D eigenvalue weighted by Crippen LogP contribution is -2.44. The third-order valence-electron chi connectivity index (χ3n) is 4.69. The van der Waals surface area contributed by atoms with E-state index in [1.165, 1.54) is 64.7 Å². The number of hydrogen-bond donors (Lipinski definition) is 1. The summed E-state index contributed by atoms with van der Waals surface area (Å²) in [6.45, 7) is 9.93. The summed E-state index contributed by atoms with van der Waals surface area (Å²) in [7, 11) is 0. The minimum Gasteiger partial charge on any atom is -0.316 e. The van der Waals surface area contributed by atoms with Crippen molar-refractivity contribution in [2.24, 2.45) is 11.8 Å². The molecule has 1 aliphatic heterocycles. The van der Waals surface area contributed by atoms with Gasteiger partial charge in [-0.2, -0.15) is 0 Å². The molecule has 2 fully saturated rings. The van der Waals surface area contributed by atoms with Gasteiger partial charge in [0.25, 0.3) is 0 Å². The quantitative estimate of drug-likeness (QED) is 0.792. The Hall–Kier alpha value is -0.0800. The Bertz CT molecular complexity index is 211. The Balaban J connectivity index is 1.86. The van der Waals surface area contributed by atoms with Crippen LogP contribution in [0.15, 0.2) is 0 Å². The summed E-state index contributed by atoms with van der Waals surface area (Å²) in [6, 6.07) is 0.886. The lowest BCUT2D eigenvalue weighted by Gasteiger charge is -2.36. The first kappa shape index (κ1) is 13.4. The van der Waals surface area contributed by atoms with Crippen molar-refractivity contribution < 1.29 is 0 Å². The largest absolute Gasteiger partial charge is 0.316 e. The second kappa shape index (κ2) is 6.75. The molecule has 1 heterocycles. The van der Waals surface area contributed by atoms with E-state index in [1.54, 1.807) is 0 Å². The molecule has 0 aromatic rings. The fraction of sp³-hybridized carbons (Fsp3) is 1.00. The molecule has 100 valence electrons. The highest BCUT2D eigenvalue weighted by atomic mass is 15.2. The van der Waals surface area contributed by atoms with E-state index < -0.39 is 0 Å². The van der Waals surface area contributed by atoms with Crippen LogP contribution >= 0.6 is 0 Å². The zero-order valence-electron chi connectivity index (χ0n) is 11.8. The van der Waals surface area contributed by atoms with Gasteiger partial charge in [0.05, 0.1) is 0 Å². The number of hydrogen-bond acceptors (Lipinski definition) is 2. The van der Waals surface area contributed by atoms with Crippen LogP contribution in [0.3, 0.4) is 0 Å². The topological polar surface area (TPSA) is 15.3 Å². The molecule has 3 unspecified atom stereocenters. The highest BCUT2D eigenvalue weighted by Gasteiger charge is 2.30. The van der Waals surface area contributed by atoms with Gasteiger partial charge in [-0.05, 0) is 63.6 Å². The summed E-state index contributed by atoms with van der Waals surface area (Å²) in [6.07, 6.45) is 8.48. The maximum atomic E-state index is 3.56. The summed E-state index contributed by atoms with van der Waals surface area (Å²) in [5.41, 5.74) is 0. The zero-order valence-corrected chi connectivity index (χ0v) is 11.8. The lowest BCUT2D eigenvalue weighted by molar-refractivity contribution is 0.131. The van der Waals surface area contributed by atoms with Crippen LogP contribution < -0.4 is 5.32 Å². The predicted molar refractivity (Wildman–Crippen MR) is 74.3 cm³/mol. The number of rotatable bonds is 5. The normalized spacial score (nSPS) is 34.4. The number of nitrogens with zero attached hydrogens (tertiary/aromatic N) is 1. The monoisotopic (exact) mass is 238 g/mol. The first-order valence-corrected chi connectivity index (χ1v) is 7.76. The van der Waals surface area contributed by atoms with Crippen molar-refractivity contribution in [1.82, 2.24) is 10.2 Å². The van der Waals surface area contributed by atoms with E-state index in [9.17, 15) is 0 Å². The Kier molecular flexibility index (Phi) is 5.30. The van der Waals surface area contributed by atoms with Crippen molar-refractivity contribution in [3.05, 3.63) is 0 Å². The average molecular weight is 238 g/mol. The summed E-state index contributed by atoms with van der Waals surface area (Å²) in [4.78, 5) is 2.81. The van der Waals surface area contributed by atoms with Gasteiger partial charge in [0.1, 0.15) is 0 Å². The van der Waals surface area contributed by atoms with Crippen LogP contribution in [0.2, 0.25) is 0 Å². The molecule has 2 aliphatic rings. The van der Waals surface area contributed by atoms with Gasteiger partial charge in [0.2, 0.25) is 0 Å². The Morgan fingerprint density at radius 1 is 1.18 bits per heavy atom. The number of nitrogens with one attached hydrogen (secondary N) is 1. The molecule has 17 heavy (non-hydrogen) atoms. The molecule has 1 saturated heterocycles. The molecular weight excluding hydrogens is 208 g/mol. The van der Waals surface area contributed by atoms with E-state index in [-0.39, 0.29) is 0 Å². The summed E-state index contributed by atoms with van der Waals surface area (Å²) in [5.74, 6) is 1.83. The molecule has 0 bridgehead atoms. The highest BCUT2D eigenvalue weighted by molar-refractivity contribution is 4.85. The standard InChI is InChI=1S/C15H30N2/c1-3-10-17(15-8-4-6-13(15)2)12-14-7-5-9-16-11-14/h13-16H,3-12H2,1-2H3. The molecule has 0 aromatic heterocycles. The molecule has 0 spiro atoms. The molecule has 1 N–H and O–H groups in total. The SMILES string of the molecule is CCCN(CC1CCCNC1)C1CCCC1C. The van der Waals surface area contributed by atoms with Crippen molar-refractivity contribution in [2.75, 3.05) is 26.2 Å². The maximum absolute atomic E-state index is 3.56. The molecular formula is C15H30N2. The van der Waals surface area contributed by atoms with Crippen LogP contribution in [-0.4, -0.2) is 37.1 Å². The minimum atomic E-state index is 0.886. The molecule has 0 radical (unpaired) electrons. The highest BCUT2D eigenvalue weighted by Crippen LogP contribution is 2.30. The van der Waals surface area contributed by atoms with Crippen LogP contribution in [0.25, 0.3) is 0 Å². The van der Waals surface area contributed by atoms with Gasteiger partial charge in [-0.25, -0.2) is 0 Å². The van der Waals surface area contributed by atoms with Gasteiger partial charge in [0, 0.05) is 12.6 Å². The Morgan fingerprint density at radius 3 is 2.65 bits per heavy atom. The van der Waals surface area contributed by atoms with Crippen LogP contribution in [0.5, 0.6) is 0 Å². The fourth-order valence-electron chi connectivity index (χ4n) is 3.76. The number of piperidine rings is 1. The van der Waals surface area contributed by atoms with E-state index in [0.29, 0.717) is 0 Å². The fourth-order valence-corrected chi connectivity index (χ4v) is 3.76. The van der Waals surface area contributed by atoms with Gasteiger partial charge in [0.15, 0.2) is 0 Å². The summed E-state index contributed by atoms with van der Waals surface area (Å²) < 4.78 is 0. The van der Waals surface area contributed by atoms with E-state index >= 15 is 0 Å². The van der Waals surface area contributed by atoms with Crippen LogP contribution in [0.4, 0.5) is 0 Å². The van der Waals surface area contributed by atoms with E-state index in [2.05, 4.69) is 24.1 Å². The Labute approximate surface area is 107 Å². The smallest absolute Gasteiger partial charge is 0.0121 e. The minimum absolute atomic E-state index is 0.886. The third-order valence-corrected chi connectivity index (χ3v) is 4.69. The second-order valence-electron chi connectivity index (χ2n) is 6.18. The van der Waals surface area contributed by atoms with Crippen LogP contribution in [0, 0.1) is 11.8 Å². The van der Waals surface area contributed by atoms with E-state index in [4.69, 9.17) is 0 Å². The molecule has 2 rings (SSSR count). The molecule has 0 aromatic carbocycles. The summed E-state index contributed by atoms with van der Waals surface area (Å²) in [5, 5.41) is 3.56. The van der Waals surface area contributed by atoms with Crippen LogP contribution in [-0.2, 0) is 0 Å². The zero-order chi connectivity index (χ0) is 12.1. The van der Waals surface area contributed by atoms with Crippen molar-refractivity contribution >= 4 is 0 Å². The second-order valence-corrected chi connectivity index (χ2v) is 6.18. The van der Waals surface area contributed by atoms with Gasteiger partial charge < -0.3 is 5.32 Å². The molecule has 2 heteroatoms. The van der Waals surface area contributed by atoms with Crippen molar-refractivity contribution in [3.8, 4) is 0 Å². The van der Waals surface area contributed by atoms with Gasteiger partial charge in [-0.15, -0.1) is 0 Å². The van der Waals surface area contributed by atoms with Gasteiger partial charge in [-0.3, -0.25) is 4.90 Å². The predicted octanol–water partition coefficient (Wildman–Crippen LogP) is 2.89. The first-order chi connectivity index (χ1) is 8.31. The lowest BCUT2D eigenvalue weighted by atomic mass is 9.96. The van der Waals surface area contributed by atoms with E-state index in [1.807, 2.05) is 0 Å². The molecule has 2 nitrogen and oxygen atoms in total. The van der Waals surface area contributed by atoms with Crippen LogP contribution in [0.1, 0.15) is 52.4 Å². The maximum Gasteiger partial charge on any atom is 0.0121 e. The van der Waals surface area contributed by atoms with Gasteiger partial charge in [-0.1, -0.05) is 20.3 Å². The van der Waals surface area contributed by atoms with Crippen molar-refractivity contribution in [2.45, 2.75) is 58.4 Å². The molecule has 1 aliphatic carbocycles. The van der Waals surface area contributed by atoms with Crippen molar-refractivity contribution in [3.63, 3.8) is 0 Å². The first-order valence-electron chi connectivity index (χ1n) is 7.76. The third kappa shape index (κ3) is 3.69. The molecule has 0 amide bonds. The molecule has 3 atom stereocenters. The Morgan fingerprint density at radius 2 is 2.06 bits per heavy atom.